The molecule has 0 fully saturated rings. The Kier molecular flexibility index (Phi) is 7.23. The number of carboxylic acid groups (broad SMARTS) is 1. The number of carbonyl (C=O) groups is 2. The van der Waals surface area contributed by atoms with E-state index in [0.29, 0.717) is 37.7 Å². The second-order valence-corrected chi connectivity index (χ2v) is 10.5. The molecule has 6 nitrogen and oxygen atoms in total. The quantitative estimate of drug-likeness (QED) is 0.300. The number of carboxylic acids is 1. The van der Waals surface area contributed by atoms with E-state index >= 15 is 0 Å². The van der Waals surface area contributed by atoms with Gasteiger partial charge in [-0.05, 0) is 58.0 Å². The summed E-state index contributed by atoms with van der Waals surface area (Å²) in [6.07, 6.45) is 1.35. The highest BCUT2D eigenvalue weighted by Gasteiger charge is 2.27. The van der Waals surface area contributed by atoms with Crippen LogP contribution in [-0.4, -0.2) is 35.0 Å². The minimum Gasteiger partial charge on any atom is -0.492 e. The molecule has 0 spiro atoms. The van der Waals surface area contributed by atoms with E-state index in [1.54, 1.807) is 0 Å². The highest BCUT2D eigenvalue weighted by Crippen LogP contribution is 2.38. The van der Waals surface area contributed by atoms with Gasteiger partial charge in [-0.25, -0.2) is 0 Å². The Labute approximate surface area is 233 Å². The number of aliphatic carboxylic acids is 1. The maximum absolute atomic E-state index is 13.0. The molecule has 4 aromatic carbocycles. The normalized spacial score (nSPS) is 15.6. The number of benzene rings is 4. The number of hydrogen-bond donors (Lipinski definition) is 1. The van der Waals surface area contributed by atoms with Gasteiger partial charge in [-0.1, -0.05) is 66.7 Å². The lowest BCUT2D eigenvalue weighted by molar-refractivity contribution is -0.137. The van der Waals surface area contributed by atoms with Gasteiger partial charge in [0.2, 0.25) is 5.91 Å². The SMILES string of the molecule is O=C(O)C[C@@H]1COc2cc(OCc3cccc(-c4ccc5c(c4)CN(C(=O)Cc4ccccc4)CC5)c3)ccc21. The third-order valence-electron chi connectivity index (χ3n) is 7.72. The molecule has 6 heteroatoms. The summed E-state index contributed by atoms with van der Waals surface area (Å²) in [5, 5.41) is 9.11. The third-order valence-corrected chi connectivity index (χ3v) is 7.72. The minimum atomic E-state index is -0.825. The van der Waals surface area contributed by atoms with E-state index in [1.165, 1.54) is 11.1 Å². The average Bonchev–Trinajstić information content (AvgIpc) is 3.37. The zero-order valence-corrected chi connectivity index (χ0v) is 22.2. The second-order valence-electron chi connectivity index (χ2n) is 10.5. The van der Waals surface area contributed by atoms with Crippen LogP contribution in [0.1, 0.15) is 40.2 Å². The zero-order valence-electron chi connectivity index (χ0n) is 22.2. The van der Waals surface area contributed by atoms with Gasteiger partial charge in [-0.3, -0.25) is 9.59 Å². The van der Waals surface area contributed by atoms with Gasteiger partial charge in [-0.15, -0.1) is 0 Å². The molecular formula is C34H31NO5. The van der Waals surface area contributed by atoms with E-state index in [1.807, 2.05) is 65.6 Å². The van der Waals surface area contributed by atoms with Gasteiger partial charge in [0, 0.05) is 30.6 Å². The van der Waals surface area contributed by atoms with Crippen molar-refractivity contribution in [3.63, 3.8) is 0 Å². The highest BCUT2D eigenvalue weighted by atomic mass is 16.5. The molecule has 0 bridgehead atoms. The van der Waals surface area contributed by atoms with Gasteiger partial charge < -0.3 is 19.5 Å². The van der Waals surface area contributed by atoms with Gasteiger partial charge >= 0.3 is 5.97 Å². The molecule has 4 aromatic rings. The molecule has 1 N–H and O–H groups in total. The molecule has 202 valence electrons. The number of amides is 1. The number of carbonyl (C=O) groups excluding carboxylic acids is 1. The topological polar surface area (TPSA) is 76.1 Å². The molecule has 6 rings (SSSR count). The van der Waals surface area contributed by atoms with Crippen LogP contribution in [0.2, 0.25) is 0 Å². The maximum Gasteiger partial charge on any atom is 0.304 e. The fourth-order valence-electron chi connectivity index (χ4n) is 5.57. The van der Waals surface area contributed by atoms with Gasteiger partial charge in [0.1, 0.15) is 18.1 Å². The van der Waals surface area contributed by atoms with Crippen molar-refractivity contribution in [2.75, 3.05) is 13.2 Å². The Morgan fingerprint density at radius 1 is 0.875 bits per heavy atom. The van der Waals surface area contributed by atoms with Gasteiger partial charge in [0.15, 0.2) is 0 Å². The summed E-state index contributed by atoms with van der Waals surface area (Å²) in [4.78, 5) is 26.0. The first kappa shape index (κ1) is 25.7. The molecule has 0 saturated carbocycles. The fourth-order valence-corrected chi connectivity index (χ4v) is 5.57. The van der Waals surface area contributed by atoms with Crippen LogP contribution in [0.5, 0.6) is 11.5 Å². The van der Waals surface area contributed by atoms with Crippen LogP contribution in [-0.2, 0) is 35.6 Å². The van der Waals surface area contributed by atoms with Crippen LogP contribution in [0.25, 0.3) is 11.1 Å². The Morgan fingerprint density at radius 3 is 2.55 bits per heavy atom. The van der Waals surface area contributed by atoms with Crippen molar-refractivity contribution in [2.45, 2.75) is 38.3 Å². The van der Waals surface area contributed by atoms with Crippen molar-refractivity contribution in [2.24, 2.45) is 0 Å². The van der Waals surface area contributed by atoms with Gasteiger partial charge in [0.25, 0.3) is 0 Å². The van der Waals surface area contributed by atoms with E-state index in [9.17, 15) is 9.59 Å². The smallest absolute Gasteiger partial charge is 0.304 e. The summed E-state index contributed by atoms with van der Waals surface area (Å²) in [7, 11) is 0. The van der Waals surface area contributed by atoms with Crippen molar-refractivity contribution in [1.82, 2.24) is 4.90 Å². The third kappa shape index (κ3) is 5.71. The summed E-state index contributed by atoms with van der Waals surface area (Å²) in [6.45, 7) is 2.16. The summed E-state index contributed by atoms with van der Waals surface area (Å²) in [6, 6.07) is 30.4. The molecule has 2 aliphatic heterocycles. The molecule has 1 amide bonds. The first-order valence-electron chi connectivity index (χ1n) is 13.7. The predicted octanol–water partition coefficient (Wildman–Crippen LogP) is 6.01. The maximum atomic E-state index is 13.0. The lowest BCUT2D eigenvalue weighted by Crippen LogP contribution is -2.36. The van der Waals surface area contributed by atoms with E-state index in [2.05, 4.69) is 30.3 Å². The van der Waals surface area contributed by atoms with Crippen LogP contribution in [0.3, 0.4) is 0 Å². The molecule has 0 radical (unpaired) electrons. The van der Waals surface area contributed by atoms with Crippen molar-refractivity contribution >= 4 is 11.9 Å². The molecule has 1 atom stereocenters. The Morgan fingerprint density at radius 2 is 1.70 bits per heavy atom. The predicted molar refractivity (Wildman–Crippen MR) is 152 cm³/mol. The molecule has 2 aliphatic rings. The van der Waals surface area contributed by atoms with E-state index in [4.69, 9.17) is 14.6 Å². The number of hydrogen-bond acceptors (Lipinski definition) is 4. The van der Waals surface area contributed by atoms with E-state index in [-0.39, 0.29) is 18.2 Å². The molecule has 2 heterocycles. The van der Waals surface area contributed by atoms with Crippen LogP contribution in [0.15, 0.2) is 91.0 Å². The number of rotatable bonds is 8. The summed E-state index contributed by atoms with van der Waals surface area (Å²) in [5.41, 5.74) is 7.73. The van der Waals surface area contributed by atoms with Crippen molar-refractivity contribution in [3.05, 3.63) is 119 Å². The molecule has 0 saturated heterocycles. The zero-order chi connectivity index (χ0) is 27.5. The van der Waals surface area contributed by atoms with Crippen LogP contribution in [0.4, 0.5) is 0 Å². The Hall–Kier alpha value is -4.58. The standard InChI is InChI=1S/C34H31NO5/c36-33(16-23-5-2-1-3-6-23)35-14-13-25-9-10-27(17-28(25)20-35)26-8-4-7-24(15-26)21-39-30-11-12-31-29(18-34(37)38)22-40-32(31)19-30/h1-12,15,17,19,29H,13-14,16,18,20-22H2,(H,37,38)/t29-/m1/s1. The lowest BCUT2D eigenvalue weighted by atomic mass is 9.94. The lowest BCUT2D eigenvalue weighted by Gasteiger charge is -2.29. The average molecular weight is 534 g/mol. The Bertz CT molecular complexity index is 1550. The van der Waals surface area contributed by atoms with Crippen molar-refractivity contribution < 1.29 is 24.2 Å². The molecule has 40 heavy (non-hydrogen) atoms. The molecule has 0 aromatic heterocycles. The first-order valence-corrected chi connectivity index (χ1v) is 13.7. The van der Waals surface area contributed by atoms with E-state index in [0.717, 1.165) is 40.8 Å². The van der Waals surface area contributed by atoms with E-state index < -0.39 is 5.97 Å². The molecular weight excluding hydrogens is 502 g/mol. The van der Waals surface area contributed by atoms with Crippen LogP contribution in [0, 0.1) is 0 Å². The van der Waals surface area contributed by atoms with Crippen LogP contribution >= 0.6 is 0 Å². The number of nitrogens with zero attached hydrogens (tertiary/aromatic N) is 1. The largest absolute Gasteiger partial charge is 0.492 e. The molecule has 0 aliphatic carbocycles. The van der Waals surface area contributed by atoms with Crippen molar-refractivity contribution in [1.29, 1.82) is 0 Å². The minimum absolute atomic E-state index is 0.0602. The monoisotopic (exact) mass is 533 g/mol. The summed E-state index contributed by atoms with van der Waals surface area (Å²) < 4.78 is 11.8. The molecule has 0 unspecified atom stereocenters. The van der Waals surface area contributed by atoms with Crippen LogP contribution < -0.4 is 9.47 Å². The first-order chi connectivity index (χ1) is 19.5. The summed E-state index contributed by atoms with van der Waals surface area (Å²) >= 11 is 0. The number of fused-ring (bicyclic) bond motifs is 2. The fraction of sp³-hybridized carbons (Fsp3) is 0.235. The number of ether oxygens (including phenoxy) is 2. The summed E-state index contributed by atoms with van der Waals surface area (Å²) in [5.74, 6) is 0.603. The highest BCUT2D eigenvalue weighted by molar-refractivity contribution is 5.79. The second kappa shape index (κ2) is 11.3. The van der Waals surface area contributed by atoms with Gasteiger partial charge in [0.05, 0.1) is 19.4 Å². The van der Waals surface area contributed by atoms with Gasteiger partial charge in [-0.2, -0.15) is 0 Å². The Balaban J connectivity index is 1.12. The van der Waals surface area contributed by atoms with Crippen molar-refractivity contribution in [3.8, 4) is 22.6 Å².